The maximum atomic E-state index is 12.2. The van der Waals surface area contributed by atoms with Crippen molar-refractivity contribution in [3.63, 3.8) is 0 Å². The topological polar surface area (TPSA) is 79.9 Å². The zero-order valence-corrected chi connectivity index (χ0v) is 19.5. The van der Waals surface area contributed by atoms with Gasteiger partial charge in [-0.1, -0.05) is 25.5 Å². The molecule has 1 aromatic rings. The van der Waals surface area contributed by atoms with Gasteiger partial charge in [-0.15, -0.1) is 0 Å². The van der Waals surface area contributed by atoms with E-state index >= 15 is 0 Å². The molecule has 1 aromatic heterocycles. The molecule has 1 aliphatic heterocycles. The van der Waals surface area contributed by atoms with Crippen molar-refractivity contribution >= 4 is 5.97 Å². The summed E-state index contributed by atoms with van der Waals surface area (Å²) in [5.41, 5.74) is 0.525. The van der Waals surface area contributed by atoms with Gasteiger partial charge in [0.15, 0.2) is 0 Å². The van der Waals surface area contributed by atoms with Gasteiger partial charge in [0.2, 0.25) is 0 Å². The van der Waals surface area contributed by atoms with Crippen LogP contribution in [0.3, 0.4) is 0 Å². The number of aliphatic hydroxyl groups is 2. The quantitative estimate of drug-likeness (QED) is 0.491. The van der Waals surface area contributed by atoms with Crippen molar-refractivity contribution < 1.29 is 24.2 Å². The summed E-state index contributed by atoms with van der Waals surface area (Å²) in [5.74, 6) is 2.58. The average Bonchev–Trinajstić information content (AvgIpc) is 3.40. The molecule has 3 saturated carbocycles. The van der Waals surface area contributed by atoms with Gasteiger partial charge >= 0.3 is 5.97 Å². The van der Waals surface area contributed by atoms with E-state index in [2.05, 4.69) is 26.0 Å². The number of allylic oxidation sites excluding steroid dienone is 1. The van der Waals surface area contributed by atoms with Crippen molar-refractivity contribution in [2.75, 3.05) is 0 Å². The molecule has 2 unspecified atom stereocenters. The summed E-state index contributed by atoms with van der Waals surface area (Å²) in [5, 5.41) is 22.3. The minimum absolute atomic E-state index is 0.0774. The van der Waals surface area contributed by atoms with Crippen molar-refractivity contribution in [2.45, 2.75) is 95.9 Å². The number of ether oxygens (including phenoxy) is 1. The Bertz CT molecular complexity index is 978. The number of carbonyl (C=O) groups excluding carboxylic acids is 1. The summed E-state index contributed by atoms with van der Waals surface area (Å²) in [6, 6.07) is 4.12. The van der Waals surface area contributed by atoms with Crippen LogP contribution in [0.2, 0.25) is 0 Å². The van der Waals surface area contributed by atoms with Gasteiger partial charge in [-0.2, -0.15) is 0 Å². The van der Waals surface area contributed by atoms with E-state index in [1.807, 2.05) is 13.0 Å². The minimum Gasteiger partial charge on any atom is -0.466 e. The number of hydrogen-bond donors (Lipinski definition) is 2. The molecule has 4 aliphatic carbocycles. The van der Waals surface area contributed by atoms with Crippen LogP contribution in [0.25, 0.3) is 0 Å². The van der Waals surface area contributed by atoms with E-state index in [9.17, 15) is 15.0 Å². The lowest BCUT2D eigenvalue weighted by molar-refractivity contribution is -0.185. The maximum absolute atomic E-state index is 12.2. The van der Waals surface area contributed by atoms with Crippen LogP contribution in [-0.2, 0) is 9.53 Å². The Morgan fingerprint density at radius 2 is 1.91 bits per heavy atom. The molecule has 2 heterocycles. The van der Waals surface area contributed by atoms with Crippen LogP contribution in [0.5, 0.6) is 0 Å². The summed E-state index contributed by atoms with van der Waals surface area (Å²) in [4.78, 5) is 12.2. The molecule has 0 radical (unpaired) electrons. The fraction of sp³-hybridized carbons (Fsp3) is 0.741. The van der Waals surface area contributed by atoms with Gasteiger partial charge in [0.25, 0.3) is 0 Å². The SMILES string of the molecule is Cc1ccc([C@@H]2C=C3C[C@@H](O)CC[C@]3(C)C3[C@@H]2[C@@H]2CCC4(CCC(=O)O4)[C@@]2(C)C[C@H]3O)o1. The summed E-state index contributed by atoms with van der Waals surface area (Å²) < 4.78 is 12.3. The van der Waals surface area contributed by atoms with E-state index in [4.69, 9.17) is 9.15 Å². The van der Waals surface area contributed by atoms with Gasteiger partial charge in [0.1, 0.15) is 17.1 Å². The molecule has 6 rings (SSSR count). The first kappa shape index (κ1) is 21.0. The summed E-state index contributed by atoms with van der Waals surface area (Å²) >= 11 is 0. The Morgan fingerprint density at radius 3 is 2.59 bits per heavy atom. The highest BCUT2D eigenvalue weighted by Crippen LogP contribution is 2.71. The first-order valence-electron chi connectivity index (χ1n) is 12.5. The number of fused-ring (bicyclic) bond motifs is 6. The molecule has 5 aliphatic rings. The molecule has 32 heavy (non-hydrogen) atoms. The van der Waals surface area contributed by atoms with Gasteiger partial charge in [-0.25, -0.2) is 0 Å². The largest absolute Gasteiger partial charge is 0.466 e. The normalized spacial score (nSPS) is 49.9. The Hall–Kier alpha value is -1.59. The summed E-state index contributed by atoms with van der Waals surface area (Å²) in [6.07, 6.45) is 7.87. The molecule has 1 spiro atoms. The maximum Gasteiger partial charge on any atom is 0.306 e. The molecule has 9 atom stereocenters. The third-order valence-corrected chi connectivity index (χ3v) is 10.5. The Kier molecular flexibility index (Phi) is 4.41. The lowest BCUT2D eigenvalue weighted by atomic mass is 9.44. The molecule has 0 aromatic carbocycles. The standard InChI is InChI=1S/C27H36O5/c1-15-4-5-21(31-15)18-13-16-12-17(28)6-9-25(16,2)24-20(29)14-26(3)19(23(18)24)7-10-27(26)11-8-22(30)32-27/h4-5,13,17-20,23-24,28-29H,6-12,14H2,1-3H3/t17-,18-,19-,20+,23-,24?,25-,26-,27?/m0/s1. The summed E-state index contributed by atoms with van der Waals surface area (Å²) in [7, 11) is 0. The monoisotopic (exact) mass is 440 g/mol. The van der Waals surface area contributed by atoms with Gasteiger partial charge in [0.05, 0.1) is 12.2 Å². The fourth-order valence-corrected chi connectivity index (χ4v) is 8.97. The zero-order chi connectivity index (χ0) is 22.5. The number of esters is 1. The van der Waals surface area contributed by atoms with Crippen molar-refractivity contribution in [3.05, 3.63) is 35.3 Å². The van der Waals surface area contributed by atoms with Crippen molar-refractivity contribution in [2.24, 2.45) is 28.6 Å². The fourth-order valence-electron chi connectivity index (χ4n) is 8.97. The molecule has 5 heteroatoms. The number of carbonyl (C=O) groups is 1. The van der Waals surface area contributed by atoms with Gasteiger partial charge in [0, 0.05) is 17.8 Å². The Morgan fingerprint density at radius 1 is 1.09 bits per heavy atom. The highest BCUT2D eigenvalue weighted by atomic mass is 16.6. The highest BCUT2D eigenvalue weighted by molar-refractivity contribution is 5.72. The molecule has 174 valence electrons. The van der Waals surface area contributed by atoms with Crippen LogP contribution in [0.15, 0.2) is 28.2 Å². The second-order valence-corrected chi connectivity index (χ2v) is 11.9. The molecule has 0 bridgehead atoms. The van der Waals surface area contributed by atoms with Crippen LogP contribution in [-0.4, -0.2) is 34.0 Å². The van der Waals surface area contributed by atoms with Crippen LogP contribution >= 0.6 is 0 Å². The number of rotatable bonds is 1. The van der Waals surface area contributed by atoms with Crippen molar-refractivity contribution in [1.82, 2.24) is 0 Å². The highest BCUT2D eigenvalue weighted by Gasteiger charge is 2.70. The molecule has 1 saturated heterocycles. The Balaban J connectivity index is 1.50. The molecule has 4 fully saturated rings. The predicted octanol–water partition coefficient (Wildman–Crippen LogP) is 4.65. The average molecular weight is 441 g/mol. The minimum atomic E-state index is -0.460. The van der Waals surface area contributed by atoms with E-state index < -0.39 is 11.7 Å². The first-order chi connectivity index (χ1) is 15.2. The van der Waals surface area contributed by atoms with Gasteiger partial charge in [-0.3, -0.25) is 4.79 Å². The number of hydrogen-bond acceptors (Lipinski definition) is 5. The predicted molar refractivity (Wildman–Crippen MR) is 119 cm³/mol. The van der Waals surface area contributed by atoms with Crippen molar-refractivity contribution in [3.8, 4) is 0 Å². The van der Waals surface area contributed by atoms with E-state index in [-0.39, 0.29) is 40.7 Å². The molecular formula is C27H36O5. The van der Waals surface area contributed by atoms with E-state index in [0.717, 1.165) is 43.6 Å². The first-order valence-corrected chi connectivity index (χ1v) is 12.5. The van der Waals surface area contributed by atoms with E-state index in [1.165, 1.54) is 5.57 Å². The third-order valence-electron chi connectivity index (χ3n) is 10.5. The zero-order valence-electron chi connectivity index (χ0n) is 19.5. The van der Waals surface area contributed by atoms with Crippen LogP contribution in [0.4, 0.5) is 0 Å². The third kappa shape index (κ3) is 2.61. The van der Waals surface area contributed by atoms with Gasteiger partial charge in [-0.05, 0) is 87.2 Å². The second kappa shape index (κ2) is 6.73. The lowest BCUT2D eigenvalue weighted by Gasteiger charge is -2.62. The molecule has 5 nitrogen and oxygen atoms in total. The van der Waals surface area contributed by atoms with Crippen LogP contribution in [0.1, 0.15) is 82.7 Å². The number of aryl methyl sites for hydroxylation is 1. The number of aliphatic hydroxyl groups excluding tert-OH is 2. The van der Waals surface area contributed by atoms with E-state index in [0.29, 0.717) is 25.2 Å². The van der Waals surface area contributed by atoms with Crippen molar-refractivity contribution in [1.29, 1.82) is 0 Å². The van der Waals surface area contributed by atoms with Crippen LogP contribution < -0.4 is 0 Å². The molecule has 2 N–H and O–H groups in total. The second-order valence-electron chi connectivity index (χ2n) is 11.9. The van der Waals surface area contributed by atoms with E-state index in [1.54, 1.807) is 0 Å². The summed E-state index contributed by atoms with van der Waals surface area (Å²) in [6.45, 7) is 6.57. The Labute approximate surface area is 190 Å². The molecular weight excluding hydrogens is 404 g/mol. The molecule has 0 amide bonds. The van der Waals surface area contributed by atoms with Crippen LogP contribution in [0, 0.1) is 35.5 Å². The number of furan rings is 1. The smallest absolute Gasteiger partial charge is 0.306 e. The lowest BCUT2D eigenvalue weighted by Crippen LogP contribution is -2.60. The van der Waals surface area contributed by atoms with Gasteiger partial charge < -0.3 is 19.4 Å².